The van der Waals surface area contributed by atoms with Crippen molar-refractivity contribution in [3.05, 3.63) is 0 Å². The van der Waals surface area contributed by atoms with Crippen LogP contribution >= 0.6 is 0 Å². The van der Waals surface area contributed by atoms with Gasteiger partial charge in [0.2, 0.25) is 5.91 Å². The van der Waals surface area contributed by atoms with Crippen molar-refractivity contribution in [3.63, 3.8) is 0 Å². The molecule has 0 spiro atoms. The van der Waals surface area contributed by atoms with Crippen molar-refractivity contribution in [2.75, 3.05) is 32.8 Å². The molecule has 2 saturated heterocycles. The van der Waals surface area contributed by atoms with Crippen molar-refractivity contribution in [2.24, 2.45) is 11.3 Å². The van der Waals surface area contributed by atoms with Crippen LogP contribution < -0.4 is 5.32 Å². The van der Waals surface area contributed by atoms with Gasteiger partial charge in [-0.2, -0.15) is 0 Å². The Hall–Kier alpha value is -1.14. The molecule has 21 heavy (non-hydrogen) atoms. The van der Waals surface area contributed by atoms with Crippen LogP contribution in [0.4, 0.5) is 0 Å². The summed E-state index contributed by atoms with van der Waals surface area (Å²) >= 11 is 0. The highest BCUT2D eigenvalue weighted by Crippen LogP contribution is 2.36. The molecular weight excluding hydrogens is 272 g/mol. The molecule has 2 atom stereocenters. The SMILES string of the molecule is CCN(C(=O)C1(CC)CCNCC1)C1COCC1C(=O)O. The lowest BCUT2D eigenvalue weighted by Crippen LogP contribution is -2.54. The van der Waals surface area contributed by atoms with Gasteiger partial charge in [0.1, 0.15) is 5.92 Å². The van der Waals surface area contributed by atoms with E-state index in [1.54, 1.807) is 4.90 Å². The summed E-state index contributed by atoms with van der Waals surface area (Å²) in [5.41, 5.74) is -0.340. The van der Waals surface area contributed by atoms with Gasteiger partial charge in [-0.25, -0.2) is 0 Å². The Morgan fingerprint density at radius 3 is 2.48 bits per heavy atom. The smallest absolute Gasteiger partial charge is 0.311 e. The van der Waals surface area contributed by atoms with Crippen LogP contribution in [-0.2, 0) is 14.3 Å². The number of likely N-dealkylation sites (N-methyl/N-ethyl adjacent to an activating group) is 1. The van der Waals surface area contributed by atoms with Gasteiger partial charge in [0.05, 0.1) is 24.7 Å². The first-order valence-corrected chi connectivity index (χ1v) is 7.88. The van der Waals surface area contributed by atoms with Crippen molar-refractivity contribution in [3.8, 4) is 0 Å². The van der Waals surface area contributed by atoms with Crippen LogP contribution in [0.1, 0.15) is 33.1 Å². The Balaban J connectivity index is 2.19. The molecule has 0 aromatic heterocycles. The monoisotopic (exact) mass is 298 g/mol. The highest BCUT2D eigenvalue weighted by atomic mass is 16.5. The van der Waals surface area contributed by atoms with Gasteiger partial charge < -0.3 is 20.1 Å². The average Bonchev–Trinajstić information content (AvgIpc) is 2.98. The Morgan fingerprint density at radius 1 is 1.29 bits per heavy atom. The summed E-state index contributed by atoms with van der Waals surface area (Å²) in [6.07, 6.45) is 2.45. The standard InChI is InChI=1S/C15H26N2O4/c1-3-15(5-7-16-8-6-15)14(20)17(4-2)12-10-21-9-11(12)13(18)19/h11-12,16H,3-10H2,1-2H3,(H,18,19). The number of nitrogens with zero attached hydrogens (tertiary/aromatic N) is 1. The summed E-state index contributed by atoms with van der Waals surface area (Å²) in [5, 5.41) is 12.6. The summed E-state index contributed by atoms with van der Waals surface area (Å²) in [6, 6.07) is -0.335. The summed E-state index contributed by atoms with van der Waals surface area (Å²) < 4.78 is 5.33. The van der Waals surface area contributed by atoms with Gasteiger partial charge in [-0.15, -0.1) is 0 Å². The number of carboxylic acids is 1. The second-order valence-electron chi connectivity index (χ2n) is 6.02. The molecule has 2 heterocycles. The van der Waals surface area contributed by atoms with Crippen molar-refractivity contribution >= 4 is 11.9 Å². The van der Waals surface area contributed by atoms with Crippen LogP contribution in [0.15, 0.2) is 0 Å². The van der Waals surface area contributed by atoms with E-state index in [2.05, 4.69) is 12.2 Å². The van der Waals surface area contributed by atoms with E-state index in [-0.39, 0.29) is 24.0 Å². The Labute approximate surface area is 125 Å². The summed E-state index contributed by atoms with van der Waals surface area (Å²) in [5.74, 6) is -1.38. The summed E-state index contributed by atoms with van der Waals surface area (Å²) in [4.78, 5) is 26.2. The van der Waals surface area contributed by atoms with Gasteiger partial charge in [0, 0.05) is 6.54 Å². The molecule has 0 bridgehead atoms. The van der Waals surface area contributed by atoms with Crippen LogP contribution in [0, 0.1) is 11.3 Å². The molecule has 0 aromatic rings. The minimum atomic E-state index is -0.875. The fourth-order valence-electron chi connectivity index (χ4n) is 3.54. The van der Waals surface area contributed by atoms with E-state index >= 15 is 0 Å². The first-order valence-electron chi connectivity index (χ1n) is 7.88. The topological polar surface area (TPSA) is 78.9 Å². The van der Waals surface area contributed by atoms with Gasteiger partial charge in [-0.05, 0) is 39.3 Å². The average molecular weight is 298 g/mol. The van der Waals surface area contributed by atoms with Gasteiger partial charge in [0.25, 0.3) is 0 Å². The van der Waals surface area contributed by atoms with Crippen LogP contribution in [0.5, 0.6) is 0 Å². The third kappa shape index (κ3) is 3.06. The molecule has 2 rings (SSSR count). The molecular formula is C15H26N2O4. The van der Waals surface area contributed by atoms with Crippen molar-refractivity contribution in [2.45, 2.75) is 39.2 Å². The fraction of sp³-hybridized carbons (Fsp3) is 0.867. The van der Waals surface area contributed by atoms with Gasteiger partial charge >= 0.3 is 5.97 Å². The van der Waals surface area contributed by atoms with E-state index in [1.165, 1.54) is 0 Å². The Morgan fingerprint density at radius 2 is 1.95 bits per heavy atom. The van der Waals surface area contributed by atoms with Gasteiger partial charge in [0.15, 0.2) is 0 Å². The molecule has 0 aliphatic carbocycles. The number of carboxylic acid groups (broad SMARTS) is 1. The number of carbonyl (C=O) groups excluding carboxylic acids is 1. The van der Waals surface area contributed by atoms with E-state index in [0.717, 1.165) is 32.4 Å². The number of carbonyl (C=O) groups is 2. The number of amides is 1. The number of ether oxygens (including phenoxy) is 1. The lowest BCUT2D eigenvalue weighted by atomic mass is 9.75. The first-order chi connectivity index (χ1) is 10.1. The minimum Gasteiger partial charge on any atom is -0.481 e. The Bertz CT molecular complexity index is 393. The molecule has 2 aliphatic rings. The normalized spacial score (nSPS) is 28.3. The predicted molar refractivity (Wildman–Crippen MR) is 77.9 cm³/mol. The largest absolute Gasteiger partial charge is 0.481 e. The van der Waals surface area contributed by atoms with E-state index in [1.807, 2.05) is 6.92 Å². The minimum absolute atomic E-state index is 0.107. The number of rotatable bonds is 5. The molecule has 2 unspecified atom stereocenters. The fourth-order valence-corrected chi connectivity index (χ4v) is 3.54. The number of nitrogens with one attached hydrogen (secondary N) is 1. The van der Waals surface area contributed by atoms with Crippen LogP contribution in [0.2, 0.25) is 0 Å². The lowest BCUT2D eigenvalue weighted by molar-refractivity contribution is -0.150. The van der Waals surface area contributed by atoms with Gasteiger partial charge in [-0.1, -0.05) is 6.92 Å². The zero-order chi connectivity index (χ0) is 15.5. The Kier molecular flexibility index (Phi) is 5.22. The first kappa shape index (κ1) is 16.2. The van der Waals surface area contributed by atoms with Crippen LogP contribution in [0.3, 0.4) is 0 Å². The zero-order valence-corrected chi connectivity index (χ0v) is 12.9. The zero-order valence-electron chi connectivity index (χ0n) is 12.9. The summed E-state index contributed by atoms with van der Waals surface area (Å²) in [7, 11) is 0. The molecule has 120 valence electrons. The highest BCUT2D eigenvalue weighted by molar-refractivity contribution is 5.84. The molecule has 2 N–H and O–H groups in total. The number of aliphatic carboxylic acids is 1. The molecule has 6 nitrogen and oxygen atoms in total. The molecule has 0 radical (unpaired) electrons. The maximum absolute atomic E-state index is 13.1. The number of hydrogen-bond donors (Lipinski definition) is 2. The van der Waals surface area contributed by atoms with E-state index in [9.17, 15) is 14.7 Å². The third-order valence-corrected chi connectivity index (χ3v) is 5.06. The lowest BCUT2D eigenvalue weighted by Gasteiger charge is -2.41. The maximum atomic E-state index is 13.1. The summed E-state index contributed by atoms with van der Waals surface area (Å²) in [6.45, 7) is 6.72. The molecule has 2 aliphatic heterocycles. The van der Waals surface area contributed by atoms with E-state index in [4.69, 9.17) is 4.74 Å². The van der Waals surface area contributed by atoms with E-state index < -0.39 is 11.9 Å². The quantitative estimate of drug-likeness (QED) is 0.781. The number of hydrogen-bond acceptors (Lipinski definition) is 4. The van der Waals surface area contributed by atoms with Crippen molar-refractivity contribution < 1.29 is 19.4 Å². The molecule has 1 amide bonds. The van der Waals surface area contributed by atoms with E-state index in [0.29, 0.717) is 13.2 Å². The second-order valence-corrected chi connectivity index (χ2v) is 6.02. The molecule has 0 saturated carbocycles. The predicted octanol–water partition coefficient (Wildman–Crippen LogP) is 0.714. The molecule has 2 fully saturated rings. The third-order valence-electron chi connectivity index (χ3n) is 5.06. The van der Waals surface area contributed by atoms with Crippen LogP contribution in [-0.4, -0.2) is 60.8 Å². The van der Waals surface area contributed by atoms with Crippen molar-refractivity contribution in [1.82, 2.24) is 10.2 Å². The molecule has 0 aromatic carbocycles. The maximum Gasteiger partial charge on any atom is 0.311 e. The van der Waals surface area contributed by atoms with Crippen LogP contribution in [0.25, 0.3) is 0 Å². The highest BCUT2D eigenvalue weighted by Gasteiger charge is 2.46. The second kappa shape index (κ2) is 6.75. The van der Waals surface area contributed by atoms with Gasteiger partial charge in [-0.3, -0.25) is 9.59 Å². The number of piperidine rings is 1. The molecule has 6 heteroatoms. The van der Waals surface area contributed by atoms with Crippen molar-refractivity contribution in [1.29, 1.82) is 0 Å².